The highest BCUT2D eigenvalue weighted by atomic mass is 16.5. The number of carbonyl (C=O) groups is 1. The summed E-state index contributed by atoms with van der Waals surface area (Å²) in [6.07, 6.45) is -0.458. The van der Waals surface area contributed by atoms with Gasteiger partial charge in [0.05, 0.1) is 25.4 Å². The zero-order chi connectivity index (χ0) is 12.7. The minimum atomic E-state index is -0.458. The van der Waals surface area contributed by atoms with Crippen molar-refractivity contribution in [2.24, 2.45) is 0 Å². The predicted octanol–water partition coefficient (Wildman–Crippen LogP) is -1.60. The summed E-state index contributed by atoms with van der Waals surface area (Å²) in [5.74, 6) is -0.0661. The lowest BCUT2D eigenvalue weighted by Gasteiger charge is -2.28. The number of aliphatic hydroxyl groups is 1. The number of β-amino-alcohol motifs (C(OH)–C–C–N with tert-alkyl or cyclic N) is 1. The number of nitrogens with zero attached hydrogens (tertiary/aromatic N) is 1. The van der Waals surface area contributed by atoms with Crippen LogP contribution in [-0.4, -0.2) is 74.5 Å². The Morgan fingerprint density at radius 2 is 2.12 bits per heavy atom. The molecule has 100 valence electrons. The van der Waals surface area contributed by atoms with E-state index in [9.17, 15) is 9.90 Å². The minimum absolute atomic E-state index is 0.0661. The Morgan fingerprint density at radius 3 is 2.71 bits per heavy atom. The van der Waals surface area contributed by atoms with Crippen molar-refractivity contribution in [3.05, 3.63) is 0 Å². The Bertz CT molecular complexity index is 232. The van der Waals surface area contributed by atoms with Gasteiger partial charge in [-0.3, -0.25) is 9.69 Å². The molecule has 0 aromatic rings. The lowest BCUT2D eigenvalue weighted by atomic mass is 10.2. The van der Waals surface area contributed by atoms with Crippen LogP contribution in [0.4, 0.5) is 0 Å². The molecule has 1 aliphatic rings. The summed E-state index contributed by atoms with van der Waals surface area (Å²) in [6, 6.07) is -0.278. The Labute approximate surface area is 102 Å². The highest BCUT2D eigenvalue weighted by Crippen LogP contribution is 1.98. The molecule has 17 heavy (non-hydrogen) atoms. The van der Waals surface area contributed by atoms with Crippen LogP contribution in [0, 0.1) is 0 Å². The Balaban J connectivity index is 2.15. The van der Waals surface area contributed by atoms with Crippen LogP contribution in [0.2, 0.25) is 0 Å². The number of rotatable bonds is 6. The van der Waals surface area contributed by atoms with Crippen LogP contribution >= 0.6 is 0 Å². The van der Waals surface area contributed by atoms with Crippen molar-refractivity contribution in [3.8, 4) is 0 Å². The van der Waals surface area contributed by atoms with Crippen molar-refractivity contribution in [1.29, 1.82) is 0 Å². The number of morpholine rings is 1. The molecule has 3 N–H and O–H groups in total. The van der Waals surface area contributed by atoms with Crippen molar-refractivity contribution in [1.82, 2.24) is 15.5 Å². The fourth-order valence-corrected chi connectivity index (χ4v) is 1.77. The van der Waals surface area contributed by atoms with Crippen LogP contribution in [0.5, 0.6) is 0 Å². The number of ether oxygens (including phenoxy) is 1. The molecule has 0 aliphatic carbocycles. The molecule has 6 nitrogen and oxygen atoms in total. The summed E-state index contributed by atoms with van der Waals surface area (Å²) < 4.78 is 5.23. The average molecular weight is 245 g/mol. The Hall–Kier alpha value is -0.690. The van der Waals surface area contributed by atoms with Gasteiger partial charge >= 0.3 is 0 Å². The normalized spacial score (nSPS) is 20.9. The van der Waals surface area contributed by atoms with Crippen LogP contribution in [0.3, 0.4) is 0 Å². The van der Waals surface area contributed by atoms with E-state index in [1.807, 2.05) is 0 Å². The van der Waals surface area contributed by atoms with Gasteiger partial charge in [0.15, 0.2) is 0 Å². The molecule has 0 aromatic carbocycles. The first-order valence-corrected chi connectivity index (χ1v) is 6.06. The number of likely N-dealkylation sites (N-methyl/N-ethyl adjacent to an activating group) is 1. The van der Waals surface area contributed by atoms with Gasteiger partial charge in [0.25, 0.3) is 0 Å². The maximum Gasteiger partial charge on any atom is 0.236 e. The number of carbonyl (C=O) groups excluding carboxylic acids is 1. The quantitative estimate of drug-likeness (QED) is 0.526. The third-order valence-electron chi connectivity index (χ3n) is 2.87. The van der Waals surface area contributed by atoms with Gasteiger partial charge < -0.3 is 20.5 Å². The third-order valence-corrected chi connectivity index (χ3v) is 2.87. The molecular weight excluding hydrogens is 222 g/mol. The van der Waals surface area contributed by atoms with Crippen molar-refractivity contribution in [2.45, 2.75) is 19.1 Å². The van der Waals surface area contributed by atoms with Gasteiger partial charge in [0, 0.05) is 33.2 Å². The summed E-state index contributed by atoms with van der Waals surface area (Å²) in [4.78, 5) is 13.4. The van der Waals surface area contributed by atoms with E-state index in [1.165, 1.54) is 0 Å². The maximum atomic E-state index is 11.2. The molecule has 0 saturated carbocycles. The summed E-state index contributed by atoms with van der Waals surface area (Å²) in [5.41, 5.74) is 0. The molecule has 0 spiro atoms. The lowest BCUT2D eigenvalue weighted by molar-refractivity contribution is -0.122. The molecule has 1 amide bonds. The number of nitrogens with one attached hydrogen (secondary N) is 2. The first kappa shape index (κ1) is 14.4. The third kappa shape index (κ3) is 5.45. The highest BCUT2D eigenvalue weighted by Gasteiger charge is 2.16. The van der Waals surface area contributed by atoms with E-state index in [-0.39, 0.29) is 11.9 Å². The standard InChI is InChI=1S/C11H23N3O3/c1-9(11(16)12-2)13-7-10(15)8-14-3-5-17-6-4-14/h9-10,13,15H,3-8H2,1-2H3,(H,12,16). The van der Waals surface area contributed by atoms with Gasteiger partial charge in [0.2, 0.25) is 5.91 Å². The second-order valence-electron chi connectivity index (χ2n) is 4.31. The molecule has 0 radical (unpaired) electrons. The van der Waals surface area contributed by atoms with Gasteiger partial charge in [-0.05, 0) is 6.92 Å². The van der Waals surface area contributed by atoms with Crippen LogP contribution in [-0.2, 0) is 9.53 Å². The van der Waals surface area contributed by atoms with Crippen molar-refractivity contribution in [2.75, 3.05) is 46.4 Å². The molecular formula is C11H23N3O3. The summed E-state index contributed by atoms with van der Waals surface area (Å²) >= 11 is 0. The van der Waals surface area contributed by atoms with Gasteiger partial charge in [-0.15, -0.1) is 0 Å². The topological polar surface area (TPSA) is 73.8 Å². The van der Waals surface area contributed by atoms with Crippen molar-refractivity contribution >= 4 is 5.91 Å². The summed E-state index contributed by atoms with van der Waals surface area (Å²) in [6.45, 7) is 6.01. The van der Waals surface area contributed by atoms with Crippen molar-refractivity contribution < 1.29 is 14.6 Å². The molecule has 1 aliphatic heterocycles. The van der Waals surface area contributed by atoms with Gasteiger partial charge in [-0.1, -0.05) is 0 Å². The van der Waals surface area contributed by atoms with Gasteiger partial charge in [-0.25, -0.2) is 0 Å². The van der Waals surface area contributed by atoms with E-state index in [0.29, 0.717) is 13.1 Å². The fraction of sp³-hybridized carbons (Fsp3) is 0.909. The first-order valence-electron chi connectivity index (χ1n) is 6.06. The van der Waals surface area contributed by atoms with E-state index in [1.54, 1.807) is 14.0 Å². The van der Waals surface area contributed by atoms with E-state index in [4.69, 9.17) is 4.74 Å². The SMILES string of the molecule is CNC(=O)C(C)NCC(O)CN1CCOCC1. The predicted molar refractivity (Wildman–Crippen MR) is 64.8 cm³/mol. The van der Waals surface area contributed by atoms with E-state index in [0.717, 1.165) is 26.3 Å². The number of aliphatic hydroxyl groups excluding tert-OH is 1. The molecule has 2 atom stereocenters. The maximum absolute atomic E-state index is 11.2. The van der Waals surface area contributed by atoms with Crippen molar-refractivity contribution in [3.63, 3.8) is 0 Å². The van der Waals surface area contributed by atoms with Gasteiger partial charge in [-0.2, -0.15) is 0 Å². The Kier molecular flexibility index (Phi) is 6.43. The summed E-state index contributed by atoms with van der Waals surface area (Å²) in [7, 11) is 1.60. The molecule has 1 saturated heterocycles. The molecule has 0 bridgehead atoms. The molecule has 1 heterocycles. The number of amides is 1. The van der Waals surface area contributed by atoms with Crippen LogP contribution in [0.25, 0.3) is 0 Å². The second kappa shape index (κ2) is 7.60. The molecule has 1 fully saturated rings. The minimum Gasteiger partial charge on any atom is -0.390 e. The lowest BCUT2D eigenvalue weighted by Crippen LogP contribution is -2.47. The van der Waals surface area contributed by atoms with Gasteiger partial charge in [0.1, 0.15) is 0 Å². The van der Waals surface area contributed by atoms with Crippen LogP contribution < -0.4 is 10.6 Å². The average Bonchev–Trinajstić information content (AvgIpc) is 2.36. The second-order valence-corrected chi connectivity index (χ2v) is 4.31. The molecule has 2 unspecified atom stereocenters. The Morgan fingerprint density at radius 1 is 1.47 bits per heavy atom. The number of hydrogen-bond donors (Lipinski definition) is 3. The number of hydrogen-bond acceptors (Lipinski definition) is 5. The molecule has 1 rings (SSSR count). The molecule has 6 heteroatoms. The largest absolute Gasteiger partial charge is 0.390 e. The summed E-state index contributed by atoms with van der Waals surface area (Å²) in [5, 5.41) is 15.4. The van der Waals surface area contributed by atoms with E-state index in [2.05, 4.69) is 15.5 Å². The molecule has 0 aromatic heterocycles. The fourth-order valence-electron chi connectivity index (χ4n) is 1.77. The smallest absolute Gasteiger partial charge is 0.236 e. The van der Waals surface area contributed by atoms with Crippen LogP contribution in [0.15, 0.2) is 0 Å². The monoisotopic (exact) mass is 245 g/mol. The van der Waals surface area contributed by atoms with Crippen LogP contribution in [0.1, 0.15) is 6.92 Å². The van der Waals surface area contributed by atoms with E-state index < -0.39 is 6.10 Å². The first-order chi connectivity index (χ1) is 8.13. The zero-order valence-electron chi connectivity index (χ0n) is 10.6. The van der Waals surface area contributed by atoms with E-state index >= 15 is 0 Å². The highest BCUT2D eigenvalue weighted by molar-refractivity contribution is 5.80. The zero-order valence-corrected chi connectivity index (χ0v) is 10.6.